The number of imidazole rings is 1. The molecule has 0 unspecified atom stereocenters. The average Bonchev–Trinajstić information content (AvgIpc) is 3.51. The molecule has 4 heterocycles. The number of carbonyl (C=O) groups excluding carboxylic acids is 1. The Labute approximate surface area is 239 Å². The Hall–Kier alpha value is -4.15. The van der Waals surface area contributed by atoms with E-state index in [-0.39, 0.29) is 18.1 Å². The molecule has 6 rings (SSSR count). The molecule has 2 saturated heterocycles. The topological polar surface area (TPSA) is 110 Å². The van der Waals surface area contributed by atoms with Gasteiger partial charge in [-0.05, 0) is 62.2 Å². The monoisotopic (exact) mass is 560 g/mol. The molecule has 0 spiro atoms. The Kier molecular flexibility index (Phi) is 8.70. The number of rotatable bonds is 7. The van der Waals surface area contributed by atoms with Crippen LogP contribution < -0.4 is 4.74 Å². The third kappa shape index (κ3) is 6.78. The summed E-state index contributed by atoms with van der Waals surface area (Å²) in [4.78, 5) is 33.0. The molecule has 2 aromatic heterocycles. The van der Waals surface area contributed by atoms with Crippen LogP contribution in [-0.4, -0.2) is 75.7 Å². The van der Waals surface area contributed by atoms with E-state index in [9.17, 15) is 14.7 Å². The van der Waals surface area contributed by atoms with E-state index >= 15 is 0 Å². The standard InChI is InChI=1S/C28H30N4O5.C3H6O/c1-18-4-8-24(19(2)14-18)36-17-21-6-9-25(37-21)27(33)32-12-10-31(11-13-32)16-26-29-22-7-5-20(28(34)35)15-23(22)30(26)3;1-2-4-3-1/h4-9,14-15H,10-13,16-17H2,1-3H3,(H,34,35);1-3H2. The largest absolute Gasteiger partial charge is 0.485 e. The van der Waals surface area contributed by atoms with E-state index in [0.29, 0.717) is 44.2 Å². The number of carboxylic acid groups (broad SMARTS) is 1. The number of amides is 1. The summed E-state index contributed by atoms with van der Waals surface area (Å²) in [6.07, 6.45) is 1.28. The van der Waals surface area contributed by atoms with Gasteiger partial charge in [0, 0.05) is 46.4 Å². The van der Waals surface area contributed by atoms with Gasteiger partial charge in [0.05, 0.1) is 23.1 Å². The fourth-order valence-corrected chi connectivity index (χ4v) is 4.80. The summed E-state index contributed by atoms with van der Waals surface area (Å²) in [6.45, 7) is 9.51. The van der Waals surface area contributed by atoms with Crippen LogP contribution in [0.15, 0.2) is 52.9 Å². The lowest BCUT2D eigenvalue weighted by atomic mass is 10.1. The minimum absolute atomic E-state index is 0.124. The molecule has 2 aliphatic rings. The third-order valence-corrected chi connectivity index (χ3v) is 7.40. The van der Waals surface area contributed by atoms with Crippen LogP contribution in [0.1, 0.15) is 50.0 Å². The van der Waals surface area contributed by atoms with Crippen LogP contribution in [0.5, 0.6) is 5.75 Å². The van der Waals surface area contributed by atoms with E-state index in [1.807, 2.05) is 37.6 Å². The average molecular weight is 561 g/mol. The zero-order valence-corrected chi connectivity index (χ0v) is 23.8. The van der Waals surface area contributed by atoms with Gasteiger partial charge >= 0.3 is 5.97 Å². The number of hydrogen-bond acceptors (Lipinski definition) is 7. The van der Waals surface area contributed by atoms with Crippen LogP contribution in [0.4, 0.5) is 0 Å². The van der Waals surface area contributed by atoms with E-state index in [2.05, 4.69) is 16.0 Å². The summed E-state index contributed by atoms with van der Waals surface area (Å²) in [6, 6.07) is 14.5. The molecular weight excluding hydrogens is 524 g/mol. The minimum atomic E-state index is -0.956. The van der Waals surface area contributed by atoms with Gasteiger partial charge in [0.1, 0.15) is 23.9 Å². The fraction of sp³-hybridized carbons (Fsp3) is 0.387. The van der Waals surface area contributed by atoms with Crippen molar-refractivity contribution in [2.45, 2.75) is 33.4 Å². The second kappa shape index (κ2) is 12.6. The van der Waals surface area contributed by atoms with Crippen LogP contribution in [0, 0.1) is 13.8 Å². The number of carbonyl (C=O) groups is 2. The highest BCUT2D eigenvalue weighted by molar-refractivity contribution is 5.92. The van der Waals surface area contributed by atoms with Gasteiger partial charge in [-0.2, -0.15) is 0 Å². The molecule has 1 N–H and O–H groups in total. The first kappa shape index (κ1) is 28.4. The number of fused-ring (bicyclic) bond motifs is 1. The first-order valence-corrected chi connectivity index (χ1v) is 13.9. The van der Waals surface area contributed by atoms with Crippen LogP contribution >= 0.6 is 0 Å². The molecule has 0 radical (unpaired) electrons. The summed E-state index contributed by atoms with van der Waals surface area (Å²) < 4.78 is 18.3. The maximum Gasteiger partial charge on any atom is 0.335 e. The van der Waals surface area contributed by atoms with Gasteiger partial charge in [-0.15, -0.1) is 0 Å². The summed E-state index contributed by atoms with van der Waals surface area (Å²) in [5, 5.41) is 9.27. The van der Waals surface area contributed by atoms with Gasteiger partial charge in [0.2, 0.25) is 0 Å². The van der Waals surface area contributed by atoms with E-state index in [1.165, 1.54) is 12.0 Å². The molecule has 216 valence electrons. The second-order valence-corrected chi connectivity index (χ2v) is 10.5. The molecule has 10 heteroatoms. The van der Waals surface area contributed by atoms with E-state index in [4.69, 9.17) is 13.9 Å². The normalized spacial score (nSPS) is 15.2. The Morgan fingerprint density at radius 2 is 1.73 bits per heavy atom. The number of furan rings is 1. The lowest BCUT2D eigenvalue weighted by Crippen LogP contribution is -2.48. The lowest BCUT2D eigenvalue weighted by molar-refractivity contribution is 0.0367. The van der Waals surface area contributed by atoms with Gasteiger partial charge < -0.3 is 28.5 Å². The number of benzene rings is 2. The fourth-order valence-electron chi connectivity index (χ4n) is 4.80. The molecule has 2 aromatic carbocycles. The van der Waals surface area contributed by atoms with Crippen molar-refractivity contribution < 1.29 is 28.6 Å². The number of aromatic nitrogens is 2. The SMILES string of the molecule is C1COC1.Cc1ccc(OCc2ccc(C(=O)N3CCN(Cc4nc5ccc(C(=O)O)cc5n4C)CC3)o2)c(C)c1. The van der Waals surface area contributed by atoms with Crippen molar-refractivity contribution in [1.29, 1.82) is 0 Å². The van der Waals surface area contributed by atoms with Crippen molar-refractivity contribution in [3.63, 3.8) is 0 Å². The van der Waals surface area contributed by atoms with E-state index < -0.39 is 5.97 Å². The summed E-state index contributed by atoms with van der Waals surface area (Å²) in [7, 11) is 1.90. The maximum atomic E-state index is 13.0. The van der Waals surface area contributed by atoms with Crippen molar-refractivity contribution in [2.24, 2.45) is 7.05 Å². The van der Waals surface area contributed by atoms with Gasteiger partial charge in [0.15, 0.2) is 5.76 Å². The highest BCUT2D eigenvalue weighted by atomic mass is 16.5. The number of aromatic carboxylic acids is 1. The van der Waals surface area contributed by atoms with Gasteiger partial charge in [0.25, 0.3) is 5.91 Å². The minimum Gasteiger partial charge on any atom is -0.485 e. The number of aryl methyl sites for hydroxylation is 3. The Bertz CT molecular complexity index is 1520. The lowest BCUT2D eigenvalue weighted by Gasteiger charge is -2.34. The van der Waals surface area contributed by atoms with Crippen molar-refractivity contribution in [1.82, 2.24) is 19.4 Å². The molecule has 0 aliphatic carbocycles. The highest BCUT2D eigenvalue weighted by Crippen LogP contribution is 2.22. The van der Waals surface area contributed by atoms with Crippen molar-refractivity contribution in [3.05, 3.63) is 82.6 Å². The molecular formula is C31H36N4O6. The first-order chi connectivity index (χ1) is 19.8. The van der Waals surface area contributed by atoms with E-state index in [1.54, 1.807) is 35.2 Å². The number of ether oxygens (including phenoxy) is 2. The number of piperazine rings is 1. The van der Waals surface area contributed by atoms with Crippen LogP contribution in [0.25, 0.3) is 11.0 Å². The van der Waals surface area contributed by atoms with Crippen molar-refractivity contribution >= 4 is 22.9 Å². The molecule has 0 atom stereocenters. The third-order valence-electron chi connectivity index (χ3n) is 7.40. The molecule has 2 fully saturated rings. The Morgan fingerprint density at radius 3 is 2.39 bits per heavy atom. The smallest absolute Gasteiger partial charge is 0.335 e. The predicted octanol–water partition coefficient (Wildman–Crippen LogP) is 4.43. The molecule has 41 heavy (non-hydrogen) atoms. The van der Waals surface area contributed by atoms with Crippen LogP contribution in [0.3, 0.4) is 0 Å². The van der Waals surface area contributed by atoms with Gasteiger partial charge in [-0.1, -0.05) is 17.7 Å². The molecule has 10 nitrogen and oxygen atoms in total. The predicted molar refractivity (Wildman–Crippen MR) is 153 cm³/mol. The van der Waals surface area contributed by atoms with Crippen molar-refractivity contribution in [3.8, 4) is 5.75 Å². The summed E-state index contributed by atoms with van der Waals surface area (Å²) >= 11 is 0. The Morgan fingerprint density at radius 1 is 1.00 bits per heavy atom. The zero-order valence-electron chi connectivity index (χ0n) is 23.8. The Balaban J connectivity index is 0.000000777. The molecule has 2 aliphatic heterocycles. The number of carboxylic acids is 1. The molecule has 1 amide bonds. The van der Waals surface area contributed by atoms with Crippen LogP contribution in [-0.2, 0) is 24.9 Å². The molecule has 0 saturated carbocycles. The molecule has 4 aromatic rings. The van der Waals surface area contributed by atoms with Crippen LogP contribution in [0.2, 0.25) is 0 Å². The maximum absolute atomic E-state index is 13.0. The number of nitrogens with zero attached hydrogens (tertiary/aromatic N) is 4. The highest BCUT2D eigenvalue weighted by Gasteiger charge is 2.25. The quantitative estimate of drug-likeness (QED) is 0.354. The summed E-state index contributed by atoms with van der Waals surface area (Å²) in [5.74, 6) is 1.50. The number of hydrogen-bond donors (Lipinski definition) is 1. The van der Waals surface area contributed by atoms with Crippen molar-refractivity contribution in [2.75, 3.05) is 39.4 Å². The van der Waals surface area contributed by atoms with E-state index in [0.717, 1.165) is 41.4 Å². The summed E-state index contributed by atoms with van der Waals surface area (Å²) in [5.41, 5.74) is 4.04. The van der Waals surface area contributed by atoms with Gasteiger partial charge in [-0.25, -0.2) is 9.78 Å². The zero-order chi connectivity index (χ0) is 28.9. The first-order valence-electron chi connectivity index (χ1n) is 13.9. The second-order valence-electron chi connectivity index (χ2n) is 10.5. The van der Waals surface area contributed by atoms with Gasteiger partial charge in [-0.3, -0.25) is 9.69 Å². The molecule has 0 bridgehead atoms.